The van der Waals surface area contributed by atoms with Gasteiger partial charge in [0.1, 0.15) is 5.75 Å². The normalized spacial score (nSPS) is 10.7. The SMILES string of the molecule is CCNCc1cc(-c2ccc(OC)c(C)c2)nn(CC)c1=O. The van der Waals surface area contributed by atoms with Crippen LogP contribution in [0.5, 0.6) is 5.75 Å². The molecular weight excluding hydrogens is 278 g/mol. The van der Waals surface area contributed by atoms with Crippen molar-refractivity contribution in [2.75, 3.05) is 13.7 Å². The van der Waals surface area contributed by atoms with Gasteiger partial charge in [-0.25, -0.2) is 4.68 Å². The van der Waals surface area contributed by atoms with Crippen molar-refractivity contribution in [3.8, 4) is 17.0 Å². The number of hydrogen-bond acceptors (Lipinski definition) is 4. The van der Waals surface area contributed by atoms with Crippen LogP contribution in [0.1, 0.15) is 25.0 Å². The van der Waals surface area contributed by atoms with Gasteiger partial charge in [0.2, 0.25) is 0 Å². The van der Waals surface area contributed by atoms with E-state index in [1.54, 1.807) is 7.11 Å². The second kappa shape index (κ2) is 7.22. The molecule has 0 unspecified atom stereocenters. The molecule has 5 nitrogen and oxygen atoms in total. The van der Waals surface area contributed by atoms with E-state index in [1.807, 2.05) is 45.0 Å². The second-order valence-electron chi connectivity index (χ2n) is 5.14. The highest BCUT2D eigenvalue weighted by molar-refractivity contribution is 5.62. The molecule has 0 saturated heterocycles. The van der Waals surface area contributed by atoms with Crippen LogP contribution in [0.15, 0.2) is 29.1 Å². The first kappa shape index (κ1) is 16.2. The summed E-state index contributed by atoms with van der Waals surface area (Å²) in [6.45, 7) is 7.88. The average Bonchev–Trinajstić information content (AvgIpc) is 2.53. The Morgan fingerprint density at radius 2 is 2.05 bits per heavy atom. The van der Waals surface area contributed by atoms with Gasteiger partial charge in [-0.05, 0) is 50.2 Å². The zero-order chi connectivity index (χ0) is 16.1. The van der Waals surface area contributed by atoms with Crippen LogP contribution in [0.2, 0.25) is 0 Å². The Bertz CT molecular complexity index is 708. The molecule has 1 aromatic heterocycles. The first-order chi connectivity index (χ1) is 10.6. The van der Waals surface area contributed by atoms with E-state index in [4.69, 9.17) is 4.74 Å². The Labute approximate surface area is 130 Å². The van der Waals surface area contributed by atoms with E-state index in [-0.39, 0.29) is 5.56 Å². The van der Waals surface area contributed by atoms with Gasteiger partial charge in [-0.1, -0.05) is 6.92 Å². The number of hydrogen-bond donors (Lipinski definition) is 1. The molecule has 0 amide bonds. The summed E-state index contributed by atoms with van der Waals surface area (Å²) in [5.41, 5.74) is 3.54. The molecule has 1 heterocycles. The van der Waals surface area contributed by atoms with E-state index in [9.17, 15) is 4.79 Å². The van der Waals surface area contributed by atoms with Crippen molar-refractivity contribution in [3.63, 3.8) is 0 Å². The van der Waals surface area contributed by atoms with Crippen molar-refractivity contribution in [2.45, 2.75) is 33.9 Å². The Kier molecular flexibility index (Phi) is 5.33. The third-order valence-corrected chi connectivity index (χ3v) is 3.60. The summed E-state index contributed by atoms with van der Waals surface area (Å²) >= 11 is 0. The van der Waals surface area contributed by atoms with E-state index in [2.05, 4.69) is 10.4 Å². The predicted octanol–water partition coefficient (Wildman–Crippen LogP) is 2.36. The van der Waals surface area contributed by atoms with E-state index in [0.29, 0.717) is 13.1 Å². The van der Waals surface area contributed by atoms with Crippen molar-refractivity contribution < 1.29 is 4.74 Å². The second-order valence-corrected chi connectivity index (χ2v) is 5.14. The van der Waals surface area contributed by atoms with Gasteiger partial charge in [-0.15, -0.1) is 0 Å². The molecule has 2 aromatic rings. The van der Waals surface area contributed by atoms with Crippen LogP contribution in [0, 0.1) is 6.92 Å². The molecule has 0 aliphatic carbocycles. The maximum Gasteiger partial charge on any atom is 0.271 e. The Morgan fingerprint density at radius 3 is 2.64 bits per heavy atom. The molecule has 0 fully saturated rings. The number of aryl methyl sites for hydroxylation is 2. The quantitative estimate of drug-likeness (QED) is 0.890. The fourth-order valence-corrected chi connectivity index (χ4v) is 2.38. The lowest BCUT2D eigenvalue weighted by molar-refractivity contribution is 0.412. The van der Waals surface area contributed by atoms with Gasteiger partial charge in [0.15, 0.2) is 0 Å². The van der Waals surface area contributed by atoms with Crippen LogP contribution in [-0.2, 0) is 13.1 Å². The summed E-state index contributed by atoms with van der Waals surface area (Å²) < 4.78 is 6.81. The number of rotatable bonds is 6. The fourth-order valence-electron chi connectivity index (χ4n) is 2.38. The van der Waals surface area contributed by atoms with Gasteiger partial charge >= 0.3 is 0 Å². The minimum Gasteiger partial charge on any atom is -0.496 e. The molecule has 118 valence electrons. The highest BCUT2D eigenvalue weighted by atomic mass is 16.5. The number of benzene rings is 1. The maximum absolute atomic E-state index is 12.3. The number of aromatic nitrogens is 2. The first-order valence-corrected chi connectivity index (χ1v) is 7.57. The van der Waals surface area contributed by atoms with Crippen LogP contribution >= 0.6 is 0 Å². The largest absolute Gasteiger partial charge is 0.496 e. The fraction of sp³-hybridized carbons (Fsp3) is 0.412. The van der Waals surface area contributed by atoms with Gasteiger partial charge < -0.3 is 10.1 Å². The van der Waals surface area contributed by atoms with Crippen molar-refractivity contribution in [2.24, 2.45) is 0 Å². The molecule has 0 saturated carbocycles. The molecule has 0 bridgehead atoms. The highest BCUT2D eigenvalue weighted by Crippen LogP contribution is 2.24. The van der Waals surface area contributed by atoms with E-state index in [0.717, 1.165) is 34.7 Å². The summed E-state index contributed by atoms with van der Waals surface area (Å²) in [4.78, 5) is 12.3. The van der Waals surface area contributed by atoms with Gasteiger partial charge in [-0.2, -0.15) is 5.10 Å². The van der Waals surface area contributed by atoms with Crippen molar-refractivity contribution >= 4 is 0 Å². The van der Waals surface area contributed by atoms with Crippen molar-refractivity contribution in [1.29, 1.82) is 0 Å². The van der Waals surface area contributed by atoms with Gasteiger partial charge in [0, 0.05) is 24.2 Å². The molecule has 0 radical (unpaired) electrons. The zero-order valence-corrected chi connectivity index (χ0v) is 13.6. The van der Waals surface area contributed by atoms with Crippen LogP contribution in [0.3, 0.4) is 0 Å². The van der Waals surface area contributed by atoms with Gasteiger partial charge in [0.05, 0.1) is 12.8 Å². The summed E-state index contributed by atoms with van der Waals surface area (Å²) in [5, 5.41) is 7.67. The molecule has 0 spiro atoms. The van der Waals surface area contributed by atoms with Crippen LogP contribution in [0.4, 0.5) is 0 Å². The highest BCUT2D eigenvalue weighted by Gasteiger charge is 2.10. The molecule has 2 rings (SSSR count). The van der Waals surface area contributed by atoms with Gasteiger partial charge in [-0.3, -0.25) is 4.79 Å². The molecule has 0 atom stereocenters. The van der Waals surface area contributed by atoms with E-state index >= 15 is 0 Å². The monoisotopic (exact) mass is 301 g/mol. The molecule has 1 aromatic carbocycles. The third-order valence-electron chi connectivity index (χ3n) is 3.60. The van der Waals surface area contributed by atoms with Gasteiger partial charge in [0.25, 0.3) is 5.56 Å². The standard InChI is InChI=1S/C17H23N3O2/c1-5-18-11-14-10-15(19-20(6-2)17(14)21)13-7-8-16(22-4)12(3)9-13/h7-10,18H,5-6,11H2,1-4H3. The summed E-state index contributed by atoms with van der Waals surface area (Å²) in [7, 11) is 1.66. The molecule has 0 aliphatic rings. The molecule has 22 heavy (non-hydrogen) atoms. The van der Waals surface area contributed by atoms with Crippen LogP contribution in [0.25, 0.3) is 11.3 Å². The topological polar surface area (TPSA) is 56.1 Å². The van der Waals surface area contributed by atoms with Crippen molar-refractivity contribution in [3.05, 3.63) is 45.7 Å². The Morgan fingerprint density at radius 1 is 1.27 bits per heavy atom. The zero-order valence-electron chi connectivity index (χ0n) is 13.6. The minimum atomic E-state index is -0.0302. The lowest BCUT2D eigenvalue weighted by Crippen LogP contribution is -2.29. The number of nitrogens with zero attached hydrogens (tertiary/aromatic N) is 2. The number of methoxy groups -OCH3 is 1. The maximum atomic E-state index is 12.3. The lowest BCUT2D eigenvalue weighted by Gasteiger charge is -2.11. The van der Waals surface area contributed by atoms with E-state index in [1.165, 1.54) is 4.68 Å². The molecule has 0 aliphatic heterocycles. The molecular formula is C17H23N3O2. The Hall–Kier alpha value is -2.14. The average molecular weight is 301 g/mol. The number of ether oxygens (including phenoxy) is 1. The number of nitrogens with one attached hydrogen (secondary N) is 1. The molecule has 1 N–H and O–H groups in total. The van der Waals surface area contributed by atoms with Crippen LogP contribution in [-0.4, -0.2) is 23.4 Å². The predicted molar refractivity (Wildman–Crippen MR) is 88.3 cm³/mol. The van der Waals surface area contributed by atoms with Crippen molar-refractivity contribution in [1.82, 2.24) is 15.1 Å². The van der Waals surface area contributed by atoms with E-state index < -0.39 is 0 Å². The lowest BCUT2D eigenvalue weighted by atomic mass is 10.1. The smallest absolute Gasteiger partial charge is 0.271 e. The first-order valence-electron chi connectivity index (χ1n) is 7.57. The molecule has 5 heteroatoms. The third kappa shape index (κ3) is 3.36. The van der Waals surface area contributed by atoms with Crippen LogP contribution < -0.4 is 15.6 Å². The summed E-state index contributed by atoms with van der Waals surface area (Å²) in [5.74, 6) is 0.848. The Balaban J connectivity index is 2.50. The summed E-state index contributed by atoms with van der Waals surface area (Å²) in [6.07, 6.45) is 0. The minimum absolute atomic E-state index is 0.0302. The summed E-state index contributed by atoms with van der Waals surface area (Å²) in [6, 6.07) is 7.80.